The Balaban J connectivity index is 1.73. The van der Waals surface area contributed by atoms with E-state index in [0.29, 0.717) is 18.6 Å². The number of ketones is 1. The summed E-state index contributed by atoms with van der Waals surface area (Å²) in [4.78, 5) is 16.6. The molecule has 3 unspecified atom stereocenters. The van der Waals surface area contributed by atoms with Gasteiger partial charge in [-0.3, -0.25) is 4.79 Å². The largest absolute Gasteiger partial charge is 0.299 e. The number of nitrogens with zero attached hydrogens (tertiary/aromatic N) is 1. The number of Topliss-reactive ketones (excluding diaryl/α,β-unsaturated/α-hetero) is 1. The van der Waals surface area contributed by atoms with Gasteiger partial charge in [0.15, 0.2) is 6.17 Å². The molecule has 1 aromatic heterocycles. The van der Waals surface area contributed by atoms with Crippen molar-refractivity contribution in [3.05, 3.63) is 23.2 Å². The number of rotatable bonds is 11. The minimum Gasteiger partial charge on any atom is -0.299 e. The van der Waals surface area contributed by atoms with E-state index < -0.39 is 12.6 Å². The summed E-state index contributed by atoms with van der Waals surface area (Å²) in [6.45, 7) is 3.93. The fourth-order valence-electron chi connectivity index (χ4n) is 3.38. The van der Waals surface area contributed by atoms with Crippen molar-refractivity contribution in [1.29, 1.82) is 0 Å². The van der Waals surface area contributed by atoms with Crippen LogP contribution in [0.3, 0.4) is 0 Å². The Hall–Kier alpha value is -0.820. The average Bonchev–Trinajstić information content (AvgIpc) is 3.19. The normalized spacial score (nSPS) is 22.8. The van der Waals surface area contributed by atoms with Crippen LogP contribution in [0, 0.1) is 24.7 Å². The number of hydrogen-bond donors (Lipinski definition) is 0. The molecule has 0 amide bonds. The Labute approximate surface area is 168 Å². The molecular formula is C20H28F3NOS2. The van der Waals surface area contributed by atoms with Crippen molar-refractivity contribution in [2.75, 3.05) is 5.75 Å². The molecule has 2 nitrogen and oxygen atoms in total. The number of alkyl halides is 3. The first kappa shape index (κ1) is 22.5. The molecule has 152 valence electrons. The van der Waals surface area contributed by atoms with Gasteiger partial charge in [-0.15, -0.1) is 11.3 Å². The van der Waals surface area contributed by atoms with Gasteiger partial charge in [0, 0.05) is 29.2 Å². The van der Waals surface area contributed by atoms with Crippen molar-refractivity contribution >= 4 is 28.9 Å². The van der Waals surface area contributed by atoms with Gasteiger partial charge in [0.1, 0.15) is 10.1 Å². The quantitative estimate of drug-likeness (QED) is 0.303. The summed E-state index contributed by atoms with van der Waals surface area (Å²) in [6.07, 6.45) is 2.72. The van der Waals surface area contributed by atoms with Gasteiger partial charge in [0.05, 0.1) is 0 Å². The van der Waals surface area contributed by atoms with E-state index in [-0.39, 0.29) is 24.2 Å². The highest BCUT2D eigenvalue weighted by Crippen LogP contribution is 2.35. The SMILES string of the molecule is Cc1csc(SCC[C@H]2C(=O)CCC2/C=C/CC(C)CCC(F)C(F)F)n1. The first-order valence-corrected chi connectivity index (χ1v) is 11.4. The first-order valence-electron chi connectivity index (χ1n) is 9.53. The van der Waals surface area contributed by atoms with Crippen molar-refractivity contribution < 1.29 is 18.0 Å². The molecule has 7 heteroatoms. The second kappa shape index (κ2) is 11.2. The third kappa shape index (κ3) is 7.60. The summed E-state index contributed by atoms with van der Waals surface area (Å²) in [5.41, 5.74) is 1.03. The van der Waals surface area contributed by atoms with Crippen LogP contribution >= 0.6 is 23.1 Å². The van der Waals surface area contributed by atoms with Crippen LogP contribution in [0.15, 0.2) is 21.9 Å². The summed E-state index contributed by atoms with van der Waals surface area (Å²) >= 11 is 3.35. The lowest BCUT2D eigenvalue weighted by Crippen LogP contribution is -2.14. The molecule has 0 N–H and O–H groups in total. The van der Waals surface area contributed by atoms with Gasteiger partial charge in [0.2, 0.25) is 0 Å². The minimum absolute atomic E-state index is 0.0687. The van der Waals surface area contributed by atoms with E-state index in [1.807, 2.05) is 25.3 Å². The standard InChI is InChI=1S/C20H28F3NOS2/c1-13(6-8-17(21)19(22)23)4-3-5-15-7-9-18(25)16(15)10-11-26-20-24-14(2)12-27-20/h3,5,12-13,15-17,19H,4,6-11H2,1-2H3/b5-3+/t13?,15?,16-,17?/m1/s1. The van der Waals surface area contributed by atoms with Crippen LogP contribution in [0.2, 0.25) is 0 Å². The van der Waals surface area contributed by atoms with Crippen molar-refractivity contribution in [1.82, 2.24) is 4.98 Å². The number of thiazole rings is 1. The van der Waals surface area contributed by atoms with Gasteiger partial charge in [-0.1, -0.05) is 30.8 Å². The number of allylic oxidation sites excluding steroid dienone is 2. The van der Waals surface area contributed by atoms with E-state index in [4.69, 9.17) is 0 Å². The van der Waals surface area contributed by atoms with Gasteiger partial charge in [-0.2, -0.15) is 0 Å². The Morgan fingerprint density at radius 1 is 1.37 bits per heavy atom. The number of halogens is 3. The van der Waals surface area contributed by atoms with E-state index in [0.717, 1.165) is 35.0 Å². The summed E-state index contributed by atoms with van der Waals surface area (Å²) in [5, 5.41) is 2.03. The van der Waals surface area contributed by atoms with Crippen LogP contribution in [-0.4, -0.2) is 29.1 Å². The van der Waals surface area contributed by atoms with E-state index in [1.165, 1.54) is 0 Å². The first-order chi connectivity index (χ1) is 12.9. The second-order valence-corrected chi connectivity index (χ2v) is 9.56. The van der Waals surface area contributed by atoms with E-state index in [1.54, 1.807) is 23.1 Å². The molecule has 1 fully saturated rings. The highest BCUT2D eigenvalue weighted by molar-refractivity contribution is 8.01. The predicted molar refractivity (Wildman–Crippen MR) is 106 cm³/mol. The minimum atomic E-state index is -2.89. The maximum atomic E-state index is 13.0. The molecule has 1 saturated carbocycles. The Bertz CT molecular complexity index is 620. The van der Waals surface area contributed by atoms with E-state index in [2.05, 4.69) is 11.1 Å². The van der Waals surface area contributed by atoms with Crippen LogP contribution in [-0.2, 0) is 4.79 Å². The fraction of sp³-hybridized carbons (Fsp3) is 0.700. The van der Waals surface area contributed by atoms with E-state index in [9.17, 15) is 18.0 Å². The van der Waals surface area contributed by atoms with Gasteiger partial charge in [-0.25, -0.2) is 18.2 Å². The van der Waals surface area contributed by atoms with Crippen LogP contribution in [0.25, 0.3) is 0 Å². The third-order valence-corrected chi connectivity index (χ3v) is 7.21. The molecule has 4 atom stereocenters. The Morgan fingerprint density at radius 2 is 2.15 bits per heavy atom. The van der Waals surface area contributed by atoms with Crippen LogP contribution in [0.4, 0.5) is 13.2 Å². The molecule has 1 aliphatic carbocycles. The lowest BCUT2D eigenvalue weighted by molar-refractivity contribution is -0.121. The lowest BCUT2D eigenvalue weighted by atomic mass is 9.91. The molecule has 1 aliphatic rings. The predicted octanol–water partition coefficient (Wildman–Crippen LogP) is 6.49. The summed E-state index contributed by atoms with van der Waals surface area (Å²) in [5.74, 6) is 1.72. The maximum Gasteiger partial charge on any atom is 0.269 e. The topological polar surface area (TPSA) is 30.0 Å². The molecule has 27 heavy (non-hydrogen) atoms. The van der Waals surface area contributed by atoms with Crippen LogP contribution in [0.1, 0.15) is 51.1 Å². The zero-order chi connectivity index (χ0) is 19.8. The van der Waals surface area contributed by atoms with Gasteiger partial charge >= 0.3 is 0 Å². The third-order valence-electron chi connectivity index (χ3n) is 5.04. The molecule has 1 aromatic rings. The molecular weight excluding hydrogens is 391 g/mol. The van der Waals surface area contributed by atoms with Crippen molar-refractivity contribution in [3.8, 4) is 0 Å². The number of carbonyl (C=O) groups excluding carboxylic acids is 1. The zero-order valence-corrected chi connectivity index (χ0v) is 17.5. The molecule has 0 bridgehead atoms. The second-order valence-electron chi connectivity index (χ2n) is 7.36. The molecule has 0 saturated heterocycles. The smallest absolute Gasteiger partial charge is 0.269 e. The van der Waals surface area contributed by atoms with Gasteiger partial charge in [0.25, 0.3) is 6.43 Å². The maximum absolute atomic E-state index is 13.0. The summed E-state index contributed by atoms with van der Waals surface area (Å²) in [6, 6.07) is 0. The highest BCUT2D eigenvalue weighted by Gasteiger charge is 2.32. The highest BCUT2D eigenvalue weighted by atomic mass is 32.2. The van der Waals surface area contributed by atoms with Crippen molar-refractivity contribution in [2.45, 2.75) is 69.3 Å². The molecule has 0 radical (unpaired) electrons. The van der Waals surface area contributed by atoms with Crippen molar-refractivity contribution in [2.24, 2.45) is 17.8 Å². The average molecular weight is 420 g/mol. The molecule has 0 aromatic carbocycles. The fourth-order valence-corrected chi connectivity index (χ4v) is 5.33. The summed E-state index contributed by atoms with van der Waals surface area (Å²) in [7, 11) is 0. The number of hydrogen-bond acceptors (Lipinski definition) is 4. The number of aromatic nitrogens is 1. The van der Waals surface area contributed by atoms with E-state index >= 15 is 0 Å². The molecule has 0 aliphatic heterocycles. The number of thioether (sulfide) groups is 1. The molecule has 0 spiro atoms. The van der Waals surface area contributed by atoms with Crippen LogP contribution < -0.4 is 0 Å². The van der Waals surface area contributed by atoms with Gasteiger partial charge < -0.3 is 0 Å². The zero-order valence-electron chi connectivity index (χ0n) is 15.9. The Kier molecular flexibility index (Phi) is 9.36. The number of aryl methyl sites for hydroxylation is 1. The monoisotopic (exact) mass is 419 g/mol. The molecule has 1 heterocycles. The van der Waals surface area contributed by atoms with Crippen LogP contribution in [0.5, 0.6) is 0 Å². The van der Waals surface area contributed by atoms with Crippen molar-refractivity contribution in [3.63, 3.8) is 0 Å². The summed E-state index contributed by atoms with van der Waals surface area (Å²) < 4.78 is 38.4. The Morgan fingerprint density at radius 3 is 2.81 bits per heavy atom. The number of carbonyl (C=O) groups is 1. The van der Waals surface area contributed by atoms with Gasteiger partial charge in [-0.05, 0) is 50.9 Å². The lowest BCUT2D eigenvalue weighted by Gasteiger charge is -2.15. The molecule has 2 rings (SSSR count).